The molecule has 10 aromatic rings. The molecule has 3 heterocycles. The van der Waals surface area contributed by atoms with E-state index in [1.165, 1.54) is 77.8 Å². The SMILES string of the molecule is Cc1ccc2c(c1)-n1c3cccc(-c4nc(-c5ccccc5)nc(-c5ccccc5)n4)c3c3ccc4c(c31)-c1c-2cccc1C41c2ccccc2-c2ccccc21. The van der Waals surface area contributed by atoms with Crippen molar-refractivity contribution in [2.75, 3.05) is 0 Å². The van der Waals surface area contributed by atoms with Crippen molar-refractivity contribution in [3.05, 3.63) is 204 Å². The molecule has 0 unspecified atom stereocenters. The summed E-state index contributed by atoms with van der Waals surface area (Å²) in [5, 5.41) is 2.33. The Morgan fingerprint density at radius 3 is 1.68 bits per heavy atom. The summed E-state index contributed by atoms with van der Waals surface area (Å²) in [7, 11) is 0. The van der Waals surface area contributed by atoms with Gasteiger partial charge in [-0.1, -0.05) is 164 Å². The number of aromatic nitrogens is 4. The highest BCUT2D eigenvalue weighted by atomic mass is 15.0. The summed E-state index contributed by atoms with van der Waals surface area (Å²) in [6.07, 6.45) is 0. The number of benzene rings is 8. The lowest BCUT2D eigenvalue weighted by Gasteiger charge is -2.31. The average Bonchev–Trinajstić information content (AvgIpc) is 3.85. The molecule has 0 radical (unpaired) electrons. The van der Waals surface area contributed by atoms with Gasteiger partial charge >= 0.3 is 0 Å². The van der Waals surface area contributed by atoms with Gasteiger partial charge in [0.2, 0.25) is 0 Å². The van der Waals surface area contributed by atoms with Crippen molar-refractivity contribution in [2.45, 2.75) is 12.3 Å². The van der Waals surface area contributed by atoms with E-state index in [0.717, 1.165) is 27.6 Å². The van der Waals surface area contributed by atoms with E-state index >= 15 is 0 Å². The zero-order valence-electron chi connectivity index (χ0n) is 31.0. The van der Waals surface area contributed by atoms with E-state index in [1.54, 1.807) is 0 Å². The lowest BCUT2D eigenvalue weighted by Crippen LogP contribution is -2.25. The Morgan fingerprint density at radius 2 is 0.982 bits per heavy atom. The lowest BCUT2D eigenvalue weighted by atomic mass is 9.70. The number of hydrogen-bond acceptors (Lipinski definition) is 3. The van der Waals surface area contributed by atoms with Crippen LogP contribution in [0.1, 0.15) is 27.8 Å². The van der Waals surface area contributed by atoms with Gasteiger partial charge in [0, 0.05) is 38.6 Å². The third kappa shape index (κ3) is 3.89. The average molecular weight is 725 g/mol. The summed E-state index contributed by atoms with van der Waals surface area (Å²) in [5.41, 5.74) is 20.4. The molecule has 0 bridgehead atoms. The largest absolute Gasteiger partial charge is 0.308 e. The summed E-state index contributed by atoms with van der Waals surface area (Å²) in [4.78, 5) is 15.5. The van der Waals surface area contributed by atoms with Crippen LogP contribution < -0.4 is 0 Å². The Kier molecular flexibility index (Phi) is 6.00. The van der Waals surface area contributed by atoms with Crippen LogP contribution in [0.2, 0.25) is 0 Å². The van der Waals surface area contributed by atoms with Crippen LogP contribution in [0.5, 0.6) is 0 Å². The van der Waals surface area contributed by atoms with E-state index in [-0.39, 0.29) is 0 Å². The van der Waals surface area contributed by atoms with Crippen molar-refractivity contribution in [2.24, 2.45) is 0 Å². The molecule has 4 heteroatoms. The Balaban J connectivity index is 1.19. The van der Waals surface area contributed by atoms with Crippen molar-refractivity contribution < 1.29 is 0 Å². The molecule has 0 saturated heterocycles. The molecule has 2 aliphatic carbocycles. The Labute approximate surface area is 329 Å². The molecule has 1 spiro atoms. The number of fused-ring (bicyclic) bond motifs is 13. The third-order valence-corrected chi connectivity index (χ3v) is 12.7. The number of rotatable bonds is 3. The monoisotopic (exact) mass is 724 g/mol. The maximum Gasteiger partial charge on any atom is 0.164 e. The predicted octanol–water partition coefficient (Wildman–Crippen LogP) is 12.6. The maximum absolute atomic E-state index is 5.25. The van der Waals surface area contributed by atoms with Crippen LogP contribution in [-0.4, -0.2) is 19.5 Å². The summed E-state index contributed by atoms with van der Waals surface area (Å²) >= 11 is 0. The molecule has 0 saturated carbocycles. The first-order valence-corrected chi connectivity index (χ1v) is 19.6. The molecule has 0 N–H and O–H groups in total. The Hall–Kier alpha value is -7.43. The minimum absolute atomic E-state index is 0.447. The summed E-state index contributed by atoms with van der Waals surface area (Å²) in [6, 6.07) is 64.0. The zero-order valence-corrected chi connectivity index (χ0v) is 31.0. The van der Waals surface area contributed by atoms with Crippen LogP contribution in [0, 0.1) is 6.92 Å². The van der Waals surface area contributed by atoms with Crippen molar-refractivity contribution >= 4 is 21.8 Å². The molecule has 0 atom stereocenters. The third-order valence-electron chi connectivity index (χ3n) is 12.7. The van der Waals surface area contributed by atoms with Gasteiger partial charge in [-0.05, 0) is 69.1 Å². The number of hydrogen-bond donors (Lipinski definition) is 0. The molecule has 57 heavy (non-hydrogen) atoms. The van der Waals surface area contributed by atoms with Crippen LogP contribution in [0.3, 0.4) is 0 Å². The van der Waals surface area contributed by atoms with Gasteiger partial charge in [-0.3, -0.25) is 0 Å². The van der Waals surface area contributed by atoms with Gasteiger partial charge in [-0.2, -0.15) is 0 Å². The number of nitrogens with zero attached hydrogens (tertiary/aromatic N) is 4. The second kappa shape index (κ2) is 11.1. The van der Waals surface area contributed by atoms with Crippen molar-refractivity contribution in [1.29, 1.82) is 0 Å². The number of aryl methyl sites for hydroxylation is 1. The summed E-state index contributed by atoms with van der Waals surface area (Å²) < 4.78 is 2.54. The topological polar surface area (TPSA) is 43.6 Å². The van der Waals surface area contributed by atoms with Gasteiger partial charge in [-0.25, -0.2) is 15.0 Å². The molecule has 2 aromatic heterocycles. The van der Waals surface area contributed by atoms with Gasteiger partial charge in [0.05, 0.1) is 22.1 Å². The first-order valence-electron chi connectivity index (χ1n) is 19.6. The van der Waals surface area contributed by atoms with E-state index < -0.39 is 5.41 Å². The summed E-state index contributed by atoms with van der Waals surface area (Å²) in [5.74, 6) is 1.97. The van der Waals surface area contributed by atoms with Crippen LogP contribution in [-0.2, 0) is 5.41 Å². The lowest BCUT2D eigenvalue weighted by molar-refractivity contribution is 0.794. The molecule has 264 valence electrons. The Bertz CT molecular complexity index is 3260. The zero-order chi connectivity index (χ0) is 37.4. The highest BCUT2D eigenvalue weighted by molar-refractivity contribution is 6.22. The van der Waals surface area contributed by atoms with E-state index in [2.05, 4.69) is 151 Å². The van der Waals surface area contributed by atoms with Crippen molar-refractivity contribution in [3.63, 3.8) is 0 Å². The standard InChI is InChI=1S/C53H32N4/c1-31-26-27-36-37-20-12-24-42-47(37)48-43(53(42)40-22-10-8-18-34(40)35-19-9-11-23-41(35)53)29-28-38-46-39(21-13-25-44(46)57(49(38)48)45(36)30-31)52-55-50(32-14-4-2-5-15-32)54-51(56-52)33-16-6-3-7-17-33/h2-30H,1H3. The van der Waals surface area contributed by atoms with Gasteiger partial charge in [0.1, 0.15) is 0 Å². The first-order chi connectivity index (χ1) is 28.2. The van der Waals surface area contributed by atoms with Crippen molar-refractivity contribution in [3.8, 4) is 73.2 Å². The second-order valence-corrected chi connectivity index (χ2v) is 15.5. The Morgan fingerprint density at radius 1 is 0.421 bits per heavy atom. The van der Waals surface area contributed by atoms with E-state index in [4.69, 9.17) is 15.0 Å². The molecule has 0 fully saturated rings. The minimum Gasteiger partial charge on any atom is -0.308 e. The van der Waals surface area contributed by atoms with Gasteiger partial charge in [-0.15, -0.1) is 0 Å². The van der Waals surface area contributed by atoms with E-state index in [1.807, 2.05) is 36.4 Å². The molecule has 3 aliphatic rings. The summed E-state index contributed by atoms with van der Waals surface area (Å²) in [6.45, 7) is 2.20. The quantitative estimate of drug-likeness (QED) is 0.182. The van der Waals surface area contributed by atoms with Crippen LogP contribution >= 0.6 is 0 Å². The smallest absolute Gasteiger partial charge is 0.164 e. The van der Waals surface area contributed by atoms with Crippen LogP contribution in [0.15, 0.2) is 176 Å². The van der Waals surface area contributed by atoms with Gasteiger partial charge < -0.3 is 4.57 Å². The molecular weight excluding hydrogens is 693 g/mol. The molecule has 8 aromatic carbocycles. The fourth-order valence-corrected chi connectivity index (χ4v) is 10.5. The second-order valence-electron chi connectivity index (χ2n) is 15.5. The molecule has 1 aliphatic heterocycles. The molecular formula is C53H32N4. The fraction of sp³-hybridized carbons (Fsp3) is 0.0377. The predicted molar refractivity (Wildman–Crippen MR) is 231 cm³/mol. The maximum atomic E-state index is 5.25. The fourth-order valence-electron chi connectivity index (χ4n) is 10.5. The minimum atomic E-state index is -0.447. The van der Waals surface area contributed by atoms with Crippen LogP contribution in [0.25, 0.3) is 95.0 Å². The van der Waals surface area contributed by atoms with Gasteiger partial charge in [0.25, 0.3) is 0 Å². The van der Waals surface area contributed by atoms with Gasteiger partial charge in [0.15, 0.2) is 17.5 Å². The normalized spacial score (nSPS) is 13.5. The van der Waals surface area contributed by atoms with Crippen LogP contribution in [0.4, 0.5) is 0 Å². The highest BCUT2D eigenvalue weighted by Crippen LogP contribution is 2.66. The highest BCUT2D eigenvalue weighted by Gasteiger charge is 2.53. The van der Waals surface area contributed by atoms with E-state index in [0.29, 0.717) is 17.5 Å². The molecule has 13 rings (SSSR count). The molecule has 0 amide bonds. The van der Waals surface area contributed by atoms with E-state index in [9.17, 15) is 0 Å². The first kappa shape index (κ1) is 30.8. The van der Waals surface area contributed by atoms with Crippen molar-refractivity contribution in [1.82, 2.24) is 19.5 Å². The molecule has 4 nitrogen and oxygen atoms in total.